The molecule has 2 amide bonds. The Labute approximate surface area is 138 Å². The summed E-state index contributed by atoms with van der Waals surface area (Å²) in [6, 6.07) is -1.09. The zero-order valence-corrected chi connectivity index (χ0v) is 13.6. The Bertz CT molecular complexity index is 677. The number of halogens is 3. The summed E-state index contributed by atoms with van der Waals surface area (Å²) in [5, 5.41) is 4.39. The predicted octanol–water partition coefficient (Wildman–Crippen LogP) is 2.56. The lowest BCUT2D eigenvalue weighted by atomic mass is 9.85. The normalized spacial score (nSPS) is 17.7. The van der Waals surface area contributed by atoms with Gasteiger partial charge in [-0.2, -0.15) is 13.2 Å². The van der Waals surface area contributed by atoms with Crippen molar-refractivity contribution in [2.75, 3.05) is 6.54 Å². The summed E-state index contributed by atoms with van der Waals surface area (Å²) in [6.07, 6.45) is 4.34. The second-order valence-corrected chi connectivity index (χ2v) is 6.75. The fraction of sp³-hybridized carbons (Fsp3) is 0.412. The first-order chi connectivity index (χ1) is 11.0. The van der Waals surface area contributed by atoms with Crippen molar-refractivity contribution in [2.45, 2.75) is 33.0 Å². The van der Waals surface area contributed by atoms with Crippen molar-refractivity contribution in [3.05, 3.63) is 47.1 Å². The van der Waals surface area contributed by atoms with Gasteiger partial charge in [-0.15, -0.1) is 0 Å². The molecule has 2 rings (SSSR count). The van der Waals surface area contributed by atoms with Crippen molar-refractivity contribution in [2.24, 2.45) is 5.41 Å². The highest BCUT2D eigenvalue weighted by Crippen LogP contribution is 2.30. The molecule has 1 atom stereocenters. The lowest BCUT2D eigenvalue weighted by Crippen LogP contribution is -2.55. The van der Waals surface area contributed by atoms with E-state index in [1.807, 2.05) is 11.4 Å². The quantitative estimate of drug-likeness (QED) is 0.826. The lowest BCUT2D eigenvalue weighted by Gasteiger charge is -2.30. The third-order valence-corrected chi connectivity index (χ3v) is 3.68. The third kappa shape index (κ3) is 4.15. The molecule has 0 unspecified atom stereocenters. The minimum absolute atomic E-state index is 0.396. The van der Waals surface area contributed by atoms with Gasteiger partial charge in [0.05, 0.1) is 0 Å². The zero-order chi connectivity index (χ0) is 18.1. The second kappa shape index (κ2) is 6.30. The molecular weight excluding hydrogens is 321 g/mol. The van der Waals surface area contributed by atoms with Crippen LogP contribution in [0.1, 0.15) is 20.8 Å². The molecule has 0 saturated carbocycles. The Kier molecular flexibility index (Phi) is 4.73. The van der Waals surface area contributed by atoms with Gasteiger partial charge in [0.2, 0.25) is 5.91 Å². The minimum Gasteiger partial charge on any atom is -0.345 e. The van der Waals surface area contributed by atoms with Crippen molar-refractivity contribution in [1.82, 2.24) is 10.6 Å². The first-order valence-electron chi connectivity index (χ1n) is 7.45. The van der Waals surface area contributed by atoms with Crippen LogP contribution in [0, 0.1) is 5.41 Å². The Morgan fingerprint density at radius 3 is 2.38 bits per heavy atom. The van der Waals surface area contributed by atoms with Crippen LogP contribution in [-0.2, 0) is 9.59 Å². The van der Waals surface area contributed by atoms with Crippen LogP contribution in [0.2, 0.25) is 0 Å². The molecule has 7 heteroatoms. The first kappa shape index (κ1) is 18.0. The van der Waals surface area contributed by atoms with E-state index in [1.165, 1.54) is 0 Å². The molecule has 2 aliphatic carbocycles. The molecule has 0 bridgehead atoms. The number of rotatable bonds is 4. The molecule has 0 saturated heterocycles. The fourth-order valence-corrected chi connectivity index (χ4v) is 2.46. The third-order valence-electron chi connectivity index (χ3n) is 3.68. The molecule has 0 aliphatic heterocycles. The number of amides is 2. The minimum atomic E-state index is -4.50. The van der Waals surface area contributed by atoms with Gasteiger partial charge in [0.15, 0.2) is 0 Å². The summed E-state index contributed by atoms with van der Waals surface area (Å²) < 4.78 is 36.9. The number of hydrogen-bond donors (Lipinski definition) is 2. The van der Waals surface area contributed by atoms with E-state index in [-0.39, 0.29) is 0 Å². The van der Waals surface area contributed by atoms with Crippen LogP contribution in [0.3, 0.4) is 0 Å². The van der Waals surface area contributed by atoms with Gasteiger partial charge in [0.1, 0.15) is 12.6 Å². The SMILES string of the molecule is CC(C)(C)[C@H](NC(=O)C1=C2C=CC=C2C=C1)C(=O)NCC(F)(F)F. The summed E-state index contributed by atoms with van der Waals surface area (Å²) in [4.78, 5) is 24.6. The molecular formula is C17H19F3N2O2. The monoisotopic (exact) mass is 340 g/mol. The molecule has 2 N–H and O–H groups in total. The van der Waals surface area contributed by atoms with E-state index >= 15 is 0 Å². The smallest absolute Gasteiger partial charge is 0.345 e. The van der Waals surface area contributed by atoms with Gasteiger partial charge < -0.3 is 10.6 Å². The van der Waals surface area contributed by atoms with E-state index < -0.39 is 36.0 Å². The molecule has 0 spiro atoms. The van der Waals surface area contributed by atoms with E-state index in [0.717, 1.165) is 11.1 Å². The van der Waals surface area contributed by atoms with Crippen molar-refractivity contribution in [3.63, 3.8) is 0 Å². The number of fused-ring (bicyclic) bond motifs is 1. The molecule has 0 aromatic heterocycles. The largest absolute Gasteiger partial charge is 0.405 e. The Morgan fingerprint density at radius 2 is 1.79 bits per heavy atom. The molecule has 24 heavy (non-hydrogen) atoms. The van der Waals surface area contributed by atoms with Gasteiger partial charge in [-0.05, 0) is 22.6 Å². The molecule has 0 aromatic rings. The van der Waals surface area contributed by atoms with Crippen LogP contribution in [0.5, 0.6) is 0 Å². The molecule has 0 heterocycles. The number of allylic oxidation sites excluding steroid dienone is 6. The summed E-state index contributed by atoms with van der Waals surface area (Å²) in [5.41, 5.74) is 1.29. The fourth-order valence-electron chi connectivity index (χ4n) is 2.46. The molecule has 0 radical (unpaired) electrons. The maximum Gasteiger partial charge on any atom is 0.405 e. The van der Waals surface area contributed by atoms with Crippen LogP contribution in [0.15, 0.2) is 47.1 Å². The standard InChI is InChI=1S/C17H19F3N2O2/c1-16(2,3)13(15(24)21-9-17(18,19)20)22-14(23)12-8-7-10-5-4-6-11(10)12/h4-8,13H,9H2,1-3H3,(H,21,24)(H,22,23)/t13-/m1/s1. The maximum absolute atomic E-state index is 12.5. The van der Waals surface area contributed by atoms with Crippen molar-refractivity contribution in [3.8, 4) is 0 Å². The van der Waals surface area contributed by atoms with Gasteiger partial charge >= 0.3 is 6.18 Å². The zero-order valence-electron chi connectivity index (χ0n) is 13.6. The van der Waals surface area contributed by atoms with E-state index in [9.17, 15) is 22.8 Å². The van der Waals surface area contributed by atoms with Crippen LogP contribution >= 0.6 is 0 Å². The van der Waals surface area contributed by atoms with Gasteiger partial charge in [0.25, 0.3) is 5.91 Å². The average molecular weight is 340 g/mol. The Morgan fingerprint density at radius 1 is 1.12 bits per heavy atom. The lowest BCUT2D eigenvalue weighted by molar-refractivity contribution is -0.142. The predicted molar refractivity (Wildman–Crippen MR) is 83.8 cm³/mol. The number of carbonyl (C=O) groups excluding carboxylic acids is 2. The summed E-state index contributed by atoms with van der Waals surface area (Å²) >= 11 is 0. The molecule has 130 valence electrons. The highest BCUT2D eigenvalue weighted by Gasteiger charge is 2.36. The number of carbonyl (C=O) groups is 2. The average Bonchev–Trinajstić information content (AvgIpc) is 3.02. The van der Waals surface area contributed by atoms with Crippen molar-refractivity contribution < 1.29 is 22.8 Å². The van der Waals surface area contributed by atoms with Crippen LogP contribution in [-0.4, -0.2) is 30.6 Å². The highest BCUT2D eigenvalue weighted by atomic mass is 19.4. The van der Waals surface area contributed by atoms with Crippen molar-refractivity contribution >= 4 is 11.8 Å². The number of hydrogen-bond acceptors (Lipinski definition) is 2. The van der Waals surface area contributed by atoms with Crippen LogP contribution in [0.4, 0.5) is 13.2 Å². The number of alkyl halides is 3. The van der Waals surface area contributed by atoms with E-state index in [4.69, 9.17) is 0 Å². The second-order valence-electron chi connectivity index (χ2n) is 6.75. The van der Waals surface area contributed by atoms with Gasteiger partial charge in [0, 0.05) is 5.57 Å². The van der Waals surface area contributed by atoms with Crippen LogP contribution < -0.4 is 10.6 Å². The highest BCUT2D eigenvalue weighted by molar-refractivity contribution is 6.02. The van der Waals surface area contributed by atoms with Gasteiger partial charge in [-0.3, -0.25) is 9.59 Å². The molecule has 4 nitrogen and oxygen atoms in total. The summed E-state index contributed by atoms with van der Waals surface area (Å²) in [5.74, 6) is -1.35. The Hall–Kier alpha value is -2.31. The van der Waals surface area contributed by atoms with E-state index in [0.29, 0.717) is 5.57 Å². The molecule has 0 fully saturated rings. The van der Waals surface area contributed by atoms with Gasteiger partial charge in [-0.25, -0.2) is 0 Å². The topological polar surface area (TPSA) is 58.2 Å². The Balaban J connectivity index is 2.13. The molecule has 0 aromatic carbocycles. The maximum atomic E-state index is 12.5. The van der Waals surface area contributed by atoms with E-state index in [2.05, 4.69) is 5.32 Å². The van der Waals surface area contributed by atoms with Gasteiger partial charge in [-0.1, -0.05) is 45.1 Å². The molecule has 2 aliphatic rings. The van der Waals surface area contributed by atoms with Crippen LogP contribution in [0.25, 0.3) is 0 Å². The summed E-state index contributed by atoms with van der Waals surface area (Å²) in [7, 11) is 0. The van der Waals surface area contributed by atoms with E-state index in [1.54, 1.807) is 45.1 Å². The first-order valence-corrected chi connectivity index (χ1v) is 7.45. The summed E-state index contributed by atoms with van der Waals surface area (Å²) in [6.45, 7) is 3.59. The van der Waals surface area contributed by atoms with Crippen molar-refractivity contribution in [1.29, 1.82) is 0 Å². The number of nitrogens with one attached hydrogen (secondary N) is 2.